The van der Waals surface area contributed by atoms with Gasteiger partial charge in [0, 0.05) is 17.2 Å². The Morgan fingerprint density at radius 2 is 1.65 bits per heavy atom. The van der Waals surface area contributed by atoms with Crippen molar-refractivity contribution < 1.29 is 9.90 Å². The molecule has 0 aromatic rings. The van der Waals surface area contributed by atoms with Crippen molar-refractivity contribution in [3.63, 3.8) is 0 Å². The molecule has 1 aliphatic heterocycles. The second kappa shape index (κ2) is 6.20. The first-order valence-corrected chi connectivity index (χ1v) is 6.23. The molecule has 0 saturated carbocycles. The first-order valence-electron chi connectivity index (χ1n) is 6.23. The van der Waals surface area contributed by atoms with Gasteiger partial charge in [-0.15, -0.1) is 0 Å². The van der Waals surface area contributed by atoms with Gasteiger partial charge in [0.2, 0.25) is 0 Å². The topological polar surface area (TPSA) is 49.3 Å². The number of hydrogen-bond donors (Lipinski definition) is 2. The fourth-order valence-electron chi connectivity index (χ4n) is 2.98. The molecule has 0 radical (unpaired) electrons. The number of nitrogens with one attached hydrogen (secondary N) is 1. The summed E-state index contributed by atoms with van der Waals surface area (Å²) in [5, 5.41) is 11.5. The van der Waals surface area contributed by atoms with Crippen LogP contribution in [0, 0.1) is 5.92 Å². The molecule has 0 aromatic heterocycles. The van der Waals surface area contributed by atoms with E-state index in [0.717, 1.165) is 12.0 Å². The SMILES string of the molecule is CC1CC(C)(C)NC(C)(C)C1.CC=CC(=O)O. The highest BCUT2D eigenvalue weighted by Gasteiger charge is 2.35. The minimum atomic E-state index is -0.891. The Kier molecular flexibility index (Phi) is 5.89. The summed E-state index contributed by atoms with van der Waals surface area (Å²) >= 11 is 0. The van der Waals surface area contributed by atoms with E-state index in [4.69, 9.17) is 5.11 Å². The standard InChI is InChI=1S/C10H21N.C4H6O2/c1-8-6-9(2,3)11-10(4,5)7-8;1-2-3-4(5)6/h8,11H,6-7H2,1-5H3;2-3H,1H3,(H,5,6). The smallest absolute Gasteiger partial charge is 0.327 e. The van der Waals surface area contributed by atoms with E-state index in [1.165, 1.54) is 18.9 Å². The summed E-state index contributed by atoms with van der Waals surface area (Å²) in [7, 11) is 0. The lowest BCUT2D eigenvalue weighted by atomic mass is 9.77. The molecule has 1 fully saturated rings. The maximum atomic E-state index is 9.51. The van der Waals surface area contributed by atoms with Gasteiger partial charge in [0.1, 0.15) is 0 Å². The van der Waals surface area contributed by atoms with Crippen LogP contribution in [0.25, 0.3) is 0 Å². The molecule has 3 nitrogen and oxygen atoms in total. The Morgan fingerprint density at radius 3 is 1.82 bits per heavy atom. The molecule has 17 heavy (non-hydrogen) atoms. The summed E-state index contributed by atoms with van der Waals surface area (Å²) in [5.74, 6) is -0.0289. The largest absolute Gasteiger partial charge is 0.478 e. The van der Waals surface area contributed by atoms with Crippen molar-refractivity contribution in [1.29, 1.82) is 0 Å². The zero-order valence-electron chi connectivity index (χ0n) is 12.0. The van der Waals surface area contributed by atoms with Crippen molar-refractivity contribution in [3.8, 4) is 0 Å². The van der Waals surface area contributed by atoms with Gasteiger partial charge in [-0.1, -0.05) is 13.0 Å². The molecule has 0 unspecified atom stereocenters. The number of carboxylic acid groups (broad SMARTS) is 1. The number of piperidine rings is 1. The Hall–Kier alpha value is -0.830. The molecule has 0 bridgehead atoms. The van der Waals surface area contributed by atoms with E-state index in [9.17, 15) is 4.79 Å². The van der Waals surface area contributed by atoms with E-state index < -0.39 is 5.97 Å². The quantitative estimate of drug-likeness (QED) is 0.693. The molecular weight excluding hydrogens is 214 g/mol. The molecule has 0 aliphatic carbocycles. The Morgan fingerprint density at radius 1 is 1.24 bits per heavy atom. The molecule has 1 saturated heterocycles. The van der Waals surface area contributed by atoms with Crippen LogP contribution in [0.1, 0.15) is 54.4 Å². The van der Waals surface area contributed by atoms with Gasteiger partial charge in [0.05, 0.1) is 0 Å². The second-order valence-electron chi connectivity index (χ2n) is 6.24. The predicted molar refractivity (Wildman–Crippen MR) is 72.1 cm³/mol. The first kappa shape index (κ1) is 16.2. The van der Waals surface area contributed by atoms with E-state index in [1.54, 1.807) is 6.92 Å². The highest BCUT2D eigenvalue weighted by atomic mass is 16.4. The van der Waals surface area contributed by atoms with Crippen molar-refractivity contribution in [3.05, 3.63) is 12.2 Å². The maximum Gasteiger partial charge on any atom is 0.327 e. The van der Waals surface area contributed by atoms with Crippen molar-refractivity contribution in [2.45, 2.75) is 65.5 Å². The summed E-state index contributed by atoms with van der Waals surface area (Å²) < 4.78 is 0. The van der Waals surface area contributed by atoms with Gasteiger partial charge in [0.15, 0.2) is 0 Å². The van der Waals surface area contributed by atoms with Crippen LogP contribution < -0.4 is 5.32 Å². The number of hydrogen-bond acceptors (Lipinski definition) is 2. The lowest BCUT2D eigenvalue weighted by molar-refractivity contribution is -0.131. The predicted octanol–water partition coefficient (Wildman–Crippen LogP) is 3.21. The monoisotopic (exact) mass is 241 g/mol. The van der Waals surface area contributed by atoms with E-state index in [-0.39, 0.29) is 0 Å². The molecule has 3 heteroatoms. The summed E-state index contributed by atoms with van der Waals surface area (Å²) in [6, 6.07) is 0. The molecular formula is C14H27NO2. The van der Waals surface area contributed by atoms with Gasteiger partial charge >= 0.3 is 5.97 Å². The average molecular weight is 241 g/mol. The lowest BCUT2D eigenvalue weighted by Crippen LogP contribution is -2.57. The van der Waals surface area contributed by atoms with Crippen molar-refractivity contribution in [1.82, 2.24) is 5.32 Å². The van der Waals surface area contributed by atoms with Crippen LogP contribution in [0.4, 0.5) is 0 Å². The second-order valence-corrected chi connectivity index (χ2v) is 6.24. The average Bonchev–Trinajstić information content (AvgIpc) is 1.95. The lowest BCUT2D eigenvalue weighted by Gasteiger charge is -2.45. The maximum absolute atomic E-state index is 9.51. The molecule has 0 amide bonds. The van der Waals surface area contributed by atoms with Crippen LogP contribution in [0.2, 0.25) is 0 Å². The minimum Gasteiger partial charge on any atom is -0.478 e. The van der Waals surface area contributed by atoms with Crippen LogP contribution in [0.15, 0.2) is 12.2 Å². The molecule has 0 atom stereocenters. The number of carboxylic acids is 1. The van der Waals surface area contributed by atoms with Crippen molar-refractivity contribution in [2.24, 2.45) is 5.92 Å². The molecule has 0 aromatic carbocycles. The number of rotatable bonds is 1. The van der Waals surface area contributed by atoms with E-state index >= 15 is 0 Å². The molecule has 100 valence electrons. The van der Waals surface area contributed by atoms with Gasteiger partial charge in [-0.05, 0) is 53.4 Å². The van der Waals surface area contributed by atoms with Crippen LogP contribution in [-0.2, 0) is 4.79 Å². The highest BCUT2D eigenvalue weighted by molar-refractivity contribution is 5.79. The zero-order chi connectivity index (χ0) is 13.7. The fraction of sp³-hybridized carbons (Fsp3) is 0.786. The van der Waals surface area contributed by atoms with Crippen LogP contribution in [0.5, 0.6) is 0 Å². The van der Waals surface area contributed by atoms with Gasteiger partial charge in [-0.25, -0.2) is 4.79 Å². The van der Waals surface area contributed by atoms with E-state index in [0.29, 0.717) is 11.1 Å². The Balaban J connectivity index is 0.000000366. The van der Waals surface area contributed by atoms with Crippen LogP contribution in [-0.4, -0.2) is 22.2 Å². The van der Waals surface area contributed by atoms with Crippen molar-refractivity contribution in [2.75, 3.05) is 0 Å². The molecule has 2 N–H and O–H groups in total. The minimum absolute atomic E-state index is 0.334. The molecule has 1 rings (SSSR count). The Labute approximate surface area is 105 Å². The van der Waals surface area contributed by atoms with Crippen LogP contribution in [0.3, 0.4) is 0 Å². The first-order chi connectivity index (χ1) is 7.58. The van der Waals surface area contributed by atoms with E-state index in [1.807, 2.05) is 0 Å². The van der Waals surface area contributed by atoms with Gasteiger partial charge in [0.25, 0.3) is 0 Å². The molecule has 1 aliphatic rings. The summed E-state index contributed by atoms with van der Waals surface area (Å²) in [4.78, 5) is 9.51. The zero-order valence-corrected chi connectivity index (χ0v) is 12.0. The fourth-order valence-corrected chi connectivity index (χ4v) is 2.98. The van der Waals surface area contributed by atoms with E-state index in [2.05, 4.69) is 39.9 Å². The number of carbonyl (C=O) groups is 1. The third-order valence-corrected chi connectivity index (χ3v) is 2.70. The summed E-state index contributed by atoms with van der Waals surface area (Å²) in [6.07, 6.45) is 5.16. The number of aliphatic carboxylic acids is 1. The molecule has 1 heterocycles. The summed E-state index contributed by atoms with van der Waals surface area (Å²) in [6.45, 7) is 13.2. The third kappa shape index (κ3) is 7.97. The third-order valence-electron chi connectivity index (χ3n) is 2.70. The van der Waals surface area contributed by atoms with Gasteiger partial charge in [-0.2, -0.15) is 0 Å². The van der Waals surface area contributed by atoms with Gasteiger partial charge in [-0.3, -0.25) is 0 Å². The number of allylic oxidation sites excluding steroid dienone is 1. The van der Waals surface area contributed by atoms with Gasteiger partial charge < -0.3 is 10.4 Å². The highest BCUT2D eigenvalue weighted by Crippen LogP contribution is 2.31. The normalized spacial score (nSPS) is 22.9. The molecule has 0 spiro atoms. The van der Waals surface area contributed by atoms with Crippen LogP contribution >= 0.6 is 0 Å². The Bertz CT molecular complexity index is 264. The summed E-state index contributed by atoms with van der Waals surface area (Å²) in [5.41, 5.74) is 0.669. The van der Waals surface area contributed by atoms with Crippen molar-refractivity contribution >= 4 is 5.97 Å².